The quantitative estimate of drug-likeness (QED) is 0.747. The van der Waals surface area contributed by atoms with E-state index in [1.807, 2.05) is 13.8 Å². The Morgan fingerprint density at radius 1 is 1.17 bits per heavy atom. The van der Waals surface area contributed by atoms with Gasteiger partial charge in [-0.15, -0.1) is 0 Å². The van der Waals surface area contributed by atoms with Crippen molar-refractivity contribution < 1.29 is 9.53 Å². The van der Waals surface area contributed by atoms with Crippen LogP contribution in [0.3, 0.4) is 0 Å². The molecular formula is C23H30N4O2. The molecule has 29 heavy (non-hydrogen) atoms. The maximum Gasteiger partial charge on any atom is 0.312 e. The Morgan fingerprint density at radius 2 is 1.90 bits per heavy atom. The van der Waals surface area contributed by atoms with Crippen LogP contribution in [0.25, 0.3) is 11.8 Å². The van der Waals surface area contributed by atoms with E-state index in [1.54, 1.807) is 0 Å². The highest BCUT2D eigenvalue weighted by molar-refractivity contribution is 5.80. The van der Waals surface area contributed by atoms with Crippen molar-refractivity contribution in [3.8, 4) is 0 Å². The summed E-state index contributed by atoms with van der Waals surface area (Å²) >= 11 is 0. The summed E-state index contributed by atoms with van der Waals surface area (Å²) < 4.78 is 7.23. The zero-order chi connectivity index (χ0) is 20.6. The number of fused-ring (bicyclic) bond motifs is 2. The first-order valence-electron chi connectivity index (χ1n) is 10.3. The predicted octanol–water partition coefficient (Wildman–Crippen LogP) is 2.87. The minimum atomic E-state index is -0.495. The van der Waals surface area contributed by atoms with E-state index in [9.17, 15) is 4.79 Å². The molecule has 0 atom stereocenters. The van der Waals surface area contributed by atoms with Crippen LogP contribution < -0.4 is 0 Å². The van der Waals surface area contributed by atoms with E-state index in [4.69, 9.17) is 9.72 Å². The first-order valence-corrected chi connectivity index (χ1v) is 10.3. The highest BCUT2D eigenvalue weighted by Crippen LogP contribution is 2.29. The first kappa shape index (κ1) is 19.7. The van der Waals surface area contributed by atoms with E-state index in [2.05, 4.69) is 57.8 Å². The van der Waals surface area contributed by atoms with Gasteiger partial charge in [0.1, 0.15) is 0 Å². The second-order valence-electron chi connectivity index (χ2n) is 8.70. The molecule has 2 aliphatic rings. The summed E-state index contributed by atoms with van der Waals surface area (Å²) in [5.41, 5.74) is 4.32. The first-order chi connectivity index (χ1) is 13.9. The topological polar surface area (TPSA) is 50.6 Å². The second kappa shape index (κ2) is 7.67. The third kappa shape index (κ3) is 3.94. The van der Waals surface area contributed by atoms with Crippen LogP contribution >= 0.6 is 0 Å². The van der Waals surface area contributed by atoms with Crippen LogP contribution in [0, 0.1) is 12.3 Å². The number of esters is 1. The van der Waals surface area contributed by atoms with Crippen LogP contribution in [0.4, 0.5) is 0 Å². The fourth-order valence-corrected chi connectivity index (χ4v) is 4.37. The molecule has 154 valence electrons. The van der Waals surface area contributed by atoms with Gasteiger partial charge in [0.2, 0.25) is 0 Å². The standard InChI is InChI=1S/C23H30N4O2/c1-17-14-27-15-19-8-6-5-7-18(19)13-20(21(27)24-17)26-11-9-25(10-12-26)16-23(2,3)22(28)29-4/h5-8,13-14H,9-12,15-16H2,1-4H3. The number of piperazine rings is 1. The monoisotopic (exact) mass is 394 g/mol. The van der Waals surface area contributed by atoms with Gasteiger partial charge in [-0.25, -0.2) is 4.98 Å². The fourth-order valence-electron chi connectivity index (χ4n) is 4.37. The molecule has 0 saturated carbocycles. The van der Waals surface area contributed by atoms with Gasteiger partial charge >= 0.3 is 5.97 Å². The summed E-state index contributed by atoms with van der Waals surface area (Å²) in [7, 11) is 1.46. The zero-order valence-corrected chi connectivity index (χ0v) is 17.8. The third-order valence-electron chi connectivity index (χ3n) is 5.88. The predicted molar refractivity (Wildman–Crippen MR) is 114 cm³/mol. The number of hydrogen-bond acceptors (Lipinski definition) is 5. The second-order valence-corrected chi connectivity index (χ2v) is 8.70. The number of methoxy groups -OCH3 is 1. The largest absolute Gasteiger partial charge is 0.469 e. The Kier molecular flexibility index (Phi) is 5.21. The summed E-state index contributed by atoms with van der Waals surface area (Å²) in [6.45, 7) is 11.2. The smallest absolute Gasteiger partial charge is 0.312 e. The van der Waals surface area contributed by atoms with E-state index in [0.29, 0.717) is 6.54 Å². The number of nitrogens with zero attached hydrogens (tertiary/aromatic N) is 4. The molecule has 0 amide bonds. The number of carbonyl (C=O) groups is 1. The van der Waals surface area contributed by atoms with E-state index in [1.165, 1.54) is 23.9 Å². The Balaban J connectivity index is 1.54. The molecule has 4 rings (SSSR count). The molecule has 0 N–H and O–H groups in total. The van der Waals surface area contributed by atoms with Gasteiger partial charge in [0.05, 0.1) is 23.9 Å². The minimum absolute atomic E-state index is 0.152. The van der Waals surface area contributed by atoms with Gasteiger partial charge < -0.3 is 14.2 Å². The maximum absolute atomic E-state index is 12.0. The Morgan fingerprint density at radius 3 is 2.62 bits per heavy atom. The maximum atomic E-state index is 12.0. The number of carbonyl (C=O) groups excluding carboxylic acids is 1. The van der Waals surface area contributed by atoms with Crippen molar-refractivity contribution in [3.63, 3.8) is 0 Å². The summed E-state index contributed by atoms with van der Waals surface area (Å²) in [5, 5.41) is 0. The van der Waals surface area contributed by atoms with Crippen molar-refractivity contribution in [1.29, 1.82) is 0 Å². The molecule has 6 nitrogen and oxygen atoms in total. The minimum Gasteiger partial charge on any atom is -0.469 e. The lowest BCUT2D eigenvalue weighted by molar-refractivity contribution is -0.152. The molecule has 2 aromatic rings. The van der Waals surface area contributed by atoms with E-state index in [0.717, 1.165) is 44.2 Å². The number of ether oxygens (including phenoxy) is 1. The van der Waals surface area contributed by atoms with Crippen molar-refractivity contribution >= 4 is 17.7 Å². The number of hydrogen-bond donors (Lipinski definition) is 0. The summed E-state index contributed by atoms with van der Waals surface area (Å²) in [6.07, 6.45) is 4.43. The molecule has 0 unspecified atom stereocenters. The van der Waals surface area contributed by atoms with Gasteiger partial charge in [0, 0.05) is 45.5 Å². The SMILES string of the molecule is COC(=O)C(C)(C)CN1CCN(C2=Cc3ccccc3Cn3cc(C)nc32)CC1. The Labute approximate surface area is 172 Å². The van der Waals surface area contributed by atoms with Crippen molar-refractivity contribution in [2.24, 2.45) is 5.41 Å². The molecular weight excluding hydrogens is 364 g/mol. The molecule has 1 saturated heterocycles. The highest BCUT2D eigenvalue weighted by Gasteiger charge is 2.33. The van der Waals surface area contributed by atoms with Crippen LogP contribution in [0.15, 0.2) is 30.5 Å². The lowest BCUT2D eigenvalue weighted by atomic mass is 9.92. The number of benzene rings is 1. The average Bonchev–Trinajstić information content (AvgIpc) is 2.99. The van der Waals surface area contributed by atoms with Gasteiger partial charge in [-0.1, -0.05) is 24.3 Å². The van der Waals surface area contributed by atoms with E-state index in [-0.39, 0.29) is 5.97 Å². The molecule has 0 aliphatic carbocycles. The van der Waals surface area contributed by atoms with Gasteiger partial charge in [-0.2, -0.15) is 0 Å². The van der Waals surface area contributed by atoms with Gasteiger partial charge in [-0.05, 0) is 38.0 Å². The van der Waals surface area contributed by atoms with Gasteiger partial charge in [0.15, 0.2) is 5.82 Å². The normalized spacial score (nSPS) is 17.2. The lowest BCUT2D eigenvalue weighted by Crippen LogP contribution is -2.50. The lowest BCUT2D eigenvalue weighted by Gasteiger charge is -2.39. The van der Waals surface area contributed by atoms with Crippen molar-refractivity contribution in [2.45, 2.75) is 27.3 Å². The van der Waals surface area contributed by atoms with Crippen LogP contribution in [0.1, 0.15) is 36.5 Å². The van der Waals surface area contributed by atoms with Crippen LogP contribution in [0.5, 0.6) is 0 Å². The molecule has 1 fully saturated rings. The molecule has 1 aromatic heterocycles. The van der Waals surface area contributed by atoms with Gasteiger partial charge in [0.25, 0.3) is 0 Å². The summed E-state index contributed by atoms with van der Waals surface area (Å²) in [6, 6.07) is 8.58. The number of aryl methyl sites for hydroxylation is 1. The molecule has 1 aromatic carbocycles. The van der Waals surface area contributed by atoms with Crippen LogP contribution in [-0.2, 0) is 16.1 Å². The zero-order valence-electron chi connectivity index (χ0n) is 17.8. The molecule has 3 heterocycles. The summed E-state index contributed by atoms with van der Waals surface area (Å²) in [5.74, 6) is 0.891. The third-order valence-corrected chi connectivity index (χ3v) is 5.88. The molecule has 2 aliphatic heterocycles. The van der Waals surface area contributed by atoms with E-state index < -0.39 is 5.41 Å². The summed E-state index contributed by atoms with van der Waals surface area (Å²) in [4.78, 5) is 21.7. The van der Waals surface area contributed by atoms with Gasteiger partial charge in [-0.3, -0.25) is 9.69 Å². The number of aromatic nitrogens is 2. The van der Waals surface area contributed by atoms with Crippen molar-refractivity contribution in [1.82, 2.24) is 19.4 Å². The van der Waals surface area contributed by atoms with Crippen molar-refractivity contribution in [3.05, 3.63) is 53.1 Å². The highest BCUT2D eigenvalue weighted by atomic mass is 16.5. The van der Waals surface area contributed by atoms with Crippen molar-refractivity contribution in [2.75, 3.05) is 39.8 Å². The molecule has 0 spiro atoms. The molecule has 6 heteroatoms. The van der Waals surface area contributed by atoms with Crippen LogP contribution in [0.2, 0.25) is 0 Å². The van der Waals surface area contributed by atoms with E-state index >= 15 is 0 Å². The Hall–Kier alpha value is -2.60. The molecule has 0 bridgehead atoms. The average molecular weight is 395 g/mol. The van der Waals surface area contributed by atoms with Crippen LogP contribution in [-0.4, -0.2) is 65.2 Å². The number of imidazole rings is 1. The molecule has 0 radical (unpaired) electrons. The number of rotatable bonds is 4. The Bertz CT molecular complexity index is 936. The fraction of sp³-hybridized carbons (Fsp3) is 0.478.